The van der Waals surface area contributed by atoms with Crippen molar-refractivity contribution in [1.82, 2.24) is 9.55 Å². The molecule has 1 aromatic heterocycles. The van der Waals surface area contributed by atoms with Crippen molar-refractivity contribution in [3.63, 3.8) is 0 Å². The molecular formula is C11H16FN5O5. The van der Waals surface area contributed by atoms with E-state index in [0.29, 0.717) is 0 Å². The fourth-order valence-corrected chi connectivity index (χ4v) is 1.82. The topological polar surface area (TPSA) is 153 Å². The summed E-state index contributed by atoms with van der Waals surface area (Å²) in [6, 6.07) is 1.05. The molecule has 0 aliphatic rings. The molecule has 4 atom stereocenters. The Morgan fingerprint density at radius 3 is 2.68 bits per heavy atom. The van der Waals surface area contributed by atoms with E-state index in [1.165, 1.54) is 6.92 Å². The van der Waals surface area contributed by atoms with Crippen LogP contribution in [0.3, 0.4) is 0 Å². The van der Waals surface area contributed by atoms with Crippen LogP contribution in [0, 0.1) is 0 Å². The summed E-state index contributed by atoms with van der Waals surface area (Å²) < 4.78 is 19.5. The van der Waals surface area contributed by atoms with Crippen molar-refractivity contribution < 1.29 is 19.3 Å². The number of H-pyrrole nitrogens is 1. The number of halogens is 1. The highest BCUT2D eigenvalue weighted by atomic mass is 19.1. The third kappa shape index (κ3) is 3.71. The Labute approximate surface area is 123 Å². The number of aliphatic hydroxyl groups is 2. The van der Waals surface area contributed by atoms with Crippen molar-refractivity contribution in [2.75, 3.05) is 6.61 Å². The predicted octanol–water partition coefficient (Wildman–Crippen LogP) is -0.211. The van der Waals surface area contributed by atoms with Crippen molar-refractivity contribution in [3.05, 3.63) is 43.5 Å². The lowest BCUT2D eigenvalue weighted by molar-refractivity contribution is -0.201. The Morgan fingerprint density at radius 2 is 2.23 bits per heavy atom. The molecule has 4 unspecified atom stereocenters. The molecule has 0 bridgehead atoms. The summed E-state index contributed by atoms with van der Waals surface area (Å²) in [5, 5.41) is 22.3. The van der Waals surface area contributed by atoms with Crippen LogP contribution in [0.5, 0.6) is 0 Å². The Bertz CT molecular complexity index is 667. The van der Waals surface area contributed by atoms with Crippen LogP contribution in [0.25, 0.3) is 10.4 Å². The molecule has 0 spiro atoms. The number of hydrogen-bond donors (Lipinski definition) is 3. The van der Waals surface area contributed by atoms with Gasteiger partial charge in [0.15, 0.2) is 0 Å². The molecule has 22 heavy (non-hydrogen) atoms. The van der Waals surface area contributed by atoms with Gasteiger partial charge in [0.05, 0.1) is 6.61 Å². The van der Waals surface area contributed by atoms with Gasteiger partial charge in [-0.1, -0.05) is 5.11 Å². The summed E-state index contributed by atoms with van der Waals surface area (Å²) >= 11 is 0. The number of azide groups is 1. The maximum Gasteiger partial charge on any atom is 0.330 e. The van der Waals surface area contributed by atoms with E-state index in [0.717, 1.165) is 23.8 Å². The third-order valence-corrected chi connectivity index (χ3v) is 2.96. The van der Waals surface area contributed by atoms with E-state index in [1.54, 1.807) is 0 Å². The van der Waals surface area contributed by atoms with Gasteiger partial charge in [-0.3, -0.25) is 14.3 Å². The van der Waals surface area contributed by atoms with Gasteiger partial charge in [-0.05, 0) is 19.4 Å². The minimum atomic E-state index is -2.32. The lowest BCUT2D eigenvalue weighted by Gasteiger charge is -2.35. The average molecular weight is 317 g/mol. The molecule has 0 radical (unpaired) electrons. The van der Waals surface area contributed by atoms with Crippen molar-refractivity contribution in [2.24, 2.45) is 5.11 Å². The summed E-state index contributed by atoms with van der Waals surface area (Å²) in [4.78, 5) is 27.1. The number of nitrogens with one attached hydrogen (secondary N) is 1. The predicted molar refractivity (Wildman–Crippen MR) is 72.7 cm³/mol. The van der Waals surface area contributed by atoms with E-state index < -0.39 is 42.1 Å². The summed E-state index contributed by atoms with van der Waals surface area (Å²) in [6.07, 6.45) is -3.91. The molecule has 0 saturated carbocycles. The van der Waals surface area contributed by atoms with Crippen molar-refractivity contribution >= 4 is 0 Å². The Kier molecular flexibility index (Phi) is 5.83. The Balaban J connectivity index is 3.21. The molecule has 0 aromatic carbocycles. The number of aromatic amines is 1. The normalized spacial score (nSPS) is 17.9. The molecule has 11 heteroatoms. The number of alkyl halides is 1. The second kappa shape index (κ2) is 7.18. The minimum absolute atomic E-state index is 0.630. The van der Waals surface area contributed by atoms with Crippen LogP contribution in [0.2, 0.25) is 0 Å². The van der Waals surface area contributed by atoms with Gasteiger partial charge < -0.3 is 14.9 Å². The van der Waals surface area contributed by atoms with Crippen molar-refractivity contribution in [2.45, 2.75) is 38.1 Å². The maximum atomic E-state index is 13.3. The van der Waals surface area contributed by atoms with Crippen LogP contribution in [-0.2, 0) is 4.74 Å². The lowest BCUT2D eigenvalue weighted by Crippen LogP contribution is -2.51. The molecule has 0 aliphatic heterocycles. The van der Waals surface area contributed by atoms with Gasteiger partial charge in [-0.25, -0.2) is 9.18 Å². The van der Waals surface area contributed by atoms with E-state index >= 15 is 0 Å². The number of ether oxygens (including phenoxy) is 1. The molecule has 1 rings (SSSR count). The summed E-state index contributed by atoms with van der Waals surface area (Å²) in [5.74, 6) is 0. The molecule has 10 nitrogen and oxygen atoms in total. The highest BCUT2D eigenvalue weighted by Crippen LogP contribution is 2.27. The standard InChI is InChI=1S/C11H16FN5O5/c1-6(12)9(20)11(5-18,15-16-13)22-7(2)17-4-3-8(19)14-10(17)21/h3-4,6-7,9,18,20H,5H2,1-2H3,(H,14,19,21). The smallest absolute Gasteiger partial charge is 0.330 e. The Hall–Kier alpha value is -2.20. The van der Waals surface area contributed by atoms with Gasteiger partial charge in [0.2, 0.25) is 5.72 Å². The SMILES string of the molecule is CC(F)C(O)C(CO)(N=[N+]=[N-])OC(C)n1ccc(=O)[nH]c1=O. The van der Waals surface area contributed by atoms with E-state index in [1.807, 2.05) is 4.98 Å². The van der Waals surface area contributed by atoms with Gasteiger partial charge in [0, 0.05) is 17.2 Å². The van der Waals surface area contributed by atoms with Gasteiger partial charge in [-0.2, -0.15) is 0 Å². The fraction of sp³-hybridized carbons (Fsp3) is 0.636. The summed E-state index contributed by atoms with van der Waals surface area (Å²) in [5.41, 5.74) is 4.78. The van der Waals surface area contributed by atoms with E-state index in [-0.39, 0.29) is 0 Å². The third-order valence-electron chi connectivity index (χ3n) is 2.96. The lowest BCUT2D eigenvalue weighted by atomic mass is 10.0. The number of aromatic nitrogens is 2. The molecular weight excluding hydrogens is 301 g/mol. The molecule has 3 N–H and O–H groups in total. The van der Waals surface area contributed by atoms with E-state index in [4.69, 9.17) is 10.3 Å². The number of rotatable bonds is 7. The molecule has 0 fully saturated rings. The van der Waals surface area contributed by atoms with E-state index in [2.05, 4.69) is 10.0 Å². The quantitative estimate of drug-likeness (QED) is 0.361. The fourth-order valence-electron chi connectivity index (χ4n) is 1.82. The first-order valence-electron chi connectivity index (χ1n) is 6.26. The van der Waals surface area contributed by atoms with E-state index in [9.17, 15) is 24.2 Å². The molecule has 122 valence electrons. The van der Waals surface area contributed by atoms with Crippen molar-refractivity contribution in [3.8, 4) is 0 Å². The first-order chi connectivity index (χ1) is 10.3. The average Bonchev–Trinajstić information content (AvgIpc) is 2.45. The van der Waals surface area contributed by atoms with Gasteiger partial charge >= 0.3 is 5.69 Å². The second-order valence-corrected chi connectivity index (χ2v) is 4.55. The number of aliphatic hydroxyl groups excluding tert-OH is 2. The van der Waals surface area contributed by atoms with Crippen LogP contribution >= 0.6 is 0 Å². The largest absolute Gasteiger partial charge is 0.393 e. The van der Waals surface area contributed by atoms with Crippen molar-refractivity contribution in [1.29, 1.82) is 0 Å². The monoisotopic (exact) mass is 317 g/mol. The van der Waals surface area contributed by atoms with Gasteiger partial charge in [0.1, 0.15) is 18.5 Å². The minimum Gasteiger partial charge on any atom is -0.393 e. The summed E-state index contributed by atoms with van der Waals surface area (Å²) in [7, 11) is 0. The van der Waals surface area contributed by atoms with Crippen LogP contribution in [-0.4, -0.2) is 44.4 Å². The number of hydrogen-bond acceptors (Lipinski definition) is 6. The van der Waals surface area contributed by atoms with Crippen LogP contribution in [0.15, 0.2) is 27.0 Å². The molecule has 0 amide bonds. The van der Waals surface area contributed by atoms with Gasteiger partial charge in [-0.15, -0.1) is 0 Å². The Morgan fingerprint density at radius 1 is 1.59 bits per heavy atom. The molecule has 0 aliphatic carbocycles. The zero-order valence-corrected chi connectivity index (χ0v) is 11.9. The van der Waals surface area contributed by atoms with Crippen LogP contribution in [0.1, 0.15) is 20.1 Å². The van der Waals surface area contributed by atoms with Crippen LogP contribution < -0.4 is 11.2 Å². The zero-order chi connectivity index (χ0) is 16.9. The highest BCUT2D eigenvalue weighted by molar-refractivity contribution is 4.91. The first-order valence-corrected chi connectivity index (χ1v) is 6.26. The molecule has 1 aromatic rings. The zero-order valence-electron chi connectivity index (χ0n) is 11.9. The number of nitrogens with zero attached hydrogens (tertiary/aromatic N) is 4. The van der Waals surface area contributed by atoms with Gasteiger partial charge in [0.25, 0.3) is 5.56 Å². The highest BCUT2D eigenvalue weighted by Gasteiger charge is 2.43. The second-order valence-electron chi connectivity index (χ2n) is 4.55. The molecule has 0 saturated heterocycles. The molecule has 1 heterocycles. The summed E-state index contributed by atoms with van der Waals surface area (Å²) in [6.45, 7) is 1.30. The maximum absolute atomic E-state index is 13.3. The first kappa shape index (κ1) is 17.9. The van der Waals surface area contributed by atoms with Crippen LogP contribution in [0.4, 0.5) is 4.39 Å².